The van der Waals surface area contributed by atoms with Gasteiger partial charge in [-0.1, -0.05) is 6.07 Å². The lowest BCUT2D eigenvalue weighted by molar-refractivity contribution is 0.0517. The van der Waals surface area contributed by atoms with Gasteiger partial charge in [-0.25, -0.2) is 0 Å². The van der Waals surface area contributed by atoms with Gasteiger partial charge in [0.1, 0.15) is 5.69 Å². The molecule has 0 aliphatic carbocycles. The molecular weight excluding hydrogens is 216 g/mol. The number of carbonyl (C=O) groups excluding carboxylic acids is 1. The number of likely N-dealkylation sites (tertiary alicyclic amines) is 1. The lowest BCUT2D eigenvalue weighted by Crippen LogP contribution is -2.41. The lowest BCUT2D eigenvalue weighted by atomic mass is 9.92. The highest BCUT2D eigenvalue weighted by molar-refractivity contribution is 5.92. The number of piperidine rings is 1. The molecule has 0 bridgehead atoms. The average Bonchev–Trinajstić information content (AvgIpc) is 2.39. The topological polar surface area (TPSA) is 53.4 Å². The zero-order valence-corrected chi connectivity index (χ0v) is 10.0. The zero-order chi connectivity index (χ0) is 12.3. The van der Waals surface area contributed by atoms with Gasteiger partial charge in [-0.05, 0) is 37.8 Å². The van der Waals surface area contributed by atoms with Crippen molar-refractivity contribution in [2.24, 2.45) is 5.92 Å². The Hall–Kier alpha value is -1.42. The maximum absolute atomic E-state index is 12.1. The first-order valence-electron chi connectivity index (χ1n) is 6.07. The summed E-state index contributed by atoms with van der Waals surface area (Å²) in [5, 5.41) is 9.50. The van der Waals surface area contributed by atoms with Crippen LogP contribution in [0.25, 0.3) is 0 Å². The van der Waals surface area contributed by atoms with Crippen LogP contribution < -0.4 is 0 Å². The Morgan fingerprint density at radius 2 is 2.18 bits per heavy atom. The molecule has 4 heteroatoms. The number of amides is 1. The van der Waals surface area contributed by atoms with E-state index in [2.05, 4.69) is 4.98 Å². The van der Waals surface area contributed by atoms with E-state index < -0.39 is 0 Å². The first-order valence-corrected chi connectivity index (χ1v) is 6.07. The smallest absolute Gasteiger partial charge is 0.272 e. The van der Waals surface area contributed by atoms with Crippen molar-refractivity contribution in [1.82, 2.24) is 9.88 Å². The first-order chi connectivity index (χ1) is 8.18. The van der Waals surface area contributed by atoms with Crippen molar-refractivity contribution in [3.63, 3.8) is 0 Å². The summed E-state index contributed by atoms with van der Waals surface area (Å²) in [6.07, 6.45) is 3.10. The van der Waals surface area contributed by atoms with Crippen LogP contribution in [-0.2, 0) is 0 Å². The second kappa shape index (κ2) is 5.27. The van der Waals surface area contributed by atoms with E-state index in [0.29, 0.717) is 24.7 Å². The largest absolute Gasteiger partial charge is 0.393 e. The van der Waals surface area contributed by atoms with Gasteiger partial charge in [0.05, 0.1) is 6.10 Å². The fraction of sp³-hybridized carbons (Fsp3) is 0.538. The fourth-order valence-corrected chi connectivity index (χ4v) is 2.24. The number of aromatic nitrogens is 1. The third-order valence-corrected chi connectivity index (χ3v) is 3.39. The van der Waals surface area contributed by atoms with Crippen LogP contribution in [0.15, 0.2) is 24.4 Å². The van der Waals surface area contributed by atoms with Crippen LogP contribution in [0.1, 0.15) is 30.3 Å². The van der Waals surface area contributed by atoms with Crippen molar-refractivity contribution < 1.29 is 9.90 Å². The Bertz CT molecular complexity index is 370. The second-order valence-electron chi connectivity index (χ2n) is 4.59. The minimum Gasteiger partial charge on any atom is -0.393 e. The standard InChI is InChI=1S/C13H18N2O2/c1-10(16)11-5-8-15(9-6-11)13(17)12-4-2-3-7-14-12/h2-4,7,10-11,16H,5-6,8-9H2,1H3. The highest BCUT2D eigenvalue weighted by Gasteiger charge is 2.26. The van der Waals surface area contributed by atoms with Gasteiger partial charge in [0.2, 0.25) is 0 Å². The molecule has 1 saturated heterocycles. The van der Waals surface area contributed by atoms with Crippen molar-refractivity contribution in [1.29, 1.82) is 0 Å². The summed E-state index contributed by atoms with van der Waals surface area (Å²) >= 11 is 0. The molecule has 4 nitrogen and oxygen atoms in total. The van der Waals surface area contributed by atoms with Crippen LogP contribution in [0.4, 0.5) is 0 Å². The van der Waals surface area contributed by atoms with Gasteiger partial charge in [0.25, 0.3) is 5.91 Å². The number of hydrogen-bond acceptors (Lipinski definition) is 3. The van der Waals surface area contributed by atoms with Crippen molar-refractivity contribution in [2.45, 2.75) is 25.9 Å². The molecule has 1 atom stereocenters. The van der Waals surface area contributed by atoms with Gasteiger partial charge in [0, 0.05) is 19.3 Å². The fourth-order valence-electron chi connectivity index (χ4n) is 2.24. The Labute approximate surface area is 101 Å². The predicted molar refractivity (Wildman–Crippen MR) is 64.5 cm³/mol. The van der Waals surface area contributed by atoms with Crippen LogP contribution in [0.2, 0.25) is 0 Å². The summed E-state index contributed by atoms with van der Waals surface area (Å²) in [5.41, 5.74) is 0.503. The summed E-state index contributed by atoms with van der Waals surface area (Å²) in [4.78, 5) is 18.0. The third kappa shape index (κ3) is 2.82. The first kappa shape index (κ1) is 12.0. The molecular formula is C13H18N2O2. The van der Waals surface area contributed by atoms with E-state index in [-0.39, 0.29) is 12.0 Å². The van der Waals surface area contributed by atoms with Gasteiger partial charge in [0.15, 0.2) is 0 Å². The highest BCUT2D eigenvalue weighted by Crippen LogP contribution is 2.21. The highest BCUT2D eigenvalue weighted by atomic mass is 16.3. The molecule has 1 aromatic rings. The lowest BCUT2D eigenvalue weighted by Gasteiger charge is -2.33. The molecule has 1 fully saturated rings. The van der Waals surface area contributed by atoms with E-state index in [0.717, 1.165) is 12.8 Å². The molecule has 2 heterocycles. The molecule has 2 rings (SSSR count). The molecule has 1 amide bonds. The molecule has 0 aromatic carbocycles. The van der Waals surface area contributed by atoms with E-state index in [1.165, 1.54) is 0 Å². The Balaban J connectivity index is 1.95. The number of pyridine rings is 1. The number of carbonyl (C=O) groups is 1. The number of hydrogen-bond donors (Lipinski definition) is 1. The molecule has 0 radical (unpaired) electrons. The maximum atomic E-state index is 12.1. The Morgan fingerprint density at radius 1 is 1.47 bits per heavy atom. The molecule has 1 aliphatic rings. The van der Waals surface area contributed by atoms with E-state index >= 15 is 0 Å². The molecule has 1 aliphatic heterocycles. The summed E-state index contributed by atoms with van der Waals surface area (Å²) in [7, 11) is 0. The van der Waals surface area contributed by atoms with Crippen molar-refractivity contribution in [3.8, 4) is 0 Å². The molecule has 92 valence electrons. The quantitative estimate of drug-likeness (QED) is 0.839. The van der Waals surface area contributed by atoms with Crippen LogP contribution in [0.5, 0.6) is 0 Å². The van der Waals surface area contributed by atoms with Crippen LogP contribution in [0.3, 0.4) is 0 Å². The maximum Gasteiger partial charge on any atom is 0.272 e. The van der Waals surface area contributed by atoms with Crippen LogP contribution in [0, 0.1) is 5.92 Å². The van der Waals surface area contributed by atoms with Crippen molar-refractivity contribution in [2.75, 3.05) is 13.1 Å². The predicted octanol–water partition coefficient (Wildman–Crippen LogP) is 1.31. The van der Waals surface area contributed by atoms with Crippen LogP contribution in [-0.4, -0.2) is 40.1 Å². The van der Waals surface area contributed by atoms with E-state index in [4.69, 9.17) is 0 Å². The van der Waals surface area contributed by atoms with E-state index in [1.54, 1.807) is 18.3 Å². The van der Waals surface area contributed by atoms with Gasteiger partial charge < -0.3 is 10.0 Å². The van der Waals surface area contributed by atoms with Gasteiger partial charge in [-0.3, -0.25) is 9.78 Å². The summed E-state index contributed by atoms with van der Waals surface area (Å²) in [5.74, 6) is 0.317. The average molecular weight is 234 g/mol. The molecule has 1 N–H and O–H groups in total. The van der Waals surface area contributed by atoms with E-state index in [1.807, 2.05) is 17.9 Å². The molecule has 0 saturated carbocycles. The summed E-state index contributed by atoms with van der Waals surface area (Å²) in [6, 6.07) is 5.36. The molecule has 1 unspecified atom stereocenters. The van der Waals surface area contributed by atoms with Crippen molar-refractivity contribution >= 4 is 5.91 Å². The third-order valence-electron chi connectivity index (χ3n) is 3.39. The normalized spacial score (nSPS) is 19.1. The van der Waals surface area contributed by atoms with Gasteiger partial charge >= 0.3 is 0 Å². The van der Waals surface area contributed by atoms with E-state index in [9.17, 15) is 9.90 Å². The number of nitrogens with zero attached hydrogens (tertiary/aromatic N) is 2. The second-order valence-corrected chi connectivity index (χ2v) is 4.59. The Morgan fingerprint density at radius 3 is 2.71 bits per heavy atom. The minimum atomic E-state index is -0.276. The molecule has 17 heavy (non-hydrogen) atoms. The van der Waals surface area contributed by atoms with Gasteiger partial charge in [-0.2, -0.15) is 0 Å². The van der Waals surface area contributed by atoms with Crippen molar-refractivity contribution in [3.05, 3.63) is 30.1 Å². The number of rotatable bonds is 2. The summed E-state index contributed by atoms with van der Waals surface area (Å²) in [6.45, 7) is 3.25. The molecule has 0 spiro atoms. The number of aliphatic hydroxyl groups excluding tert-OH is 1. The minimum absolute atomic E-state index is 0.00496. The Kier molecular flexibility index (Phi) is 3.74. The zero-order valence-electron chi connectivity index (χ0n) is 10.0. The van der Waals surface area contributed by atoms with Crippen LogP contribution >= 0.6 is 0 Å². The number of aliphatic hydroxyl groups is 1. The van der Waals surface area contributed by atoms with Gasteiger partial charge in [-0.15, -0.1) is 0 Å². The SMILES string of the molecule is CC(O)C1CCN(C(=O)c2ccccn2)CC1. The molecule has 1 aromatic heterocycles. The summed E-state index contributed by atoms with van der Waals surface area (Å²) < 4.78 is 0. The monoisotopic (exact) mass is 234 g/mol.